The predicted octanol–water partition coefficient (Wildman–Crippen LogP) is 5.01. The number of ether oxygens (including phenoxy) is 1. The van der Waals surface area contributed by atoms with E-state index in [4.69, 9.17) is 16.3 Å². The fourth-order valence-corrected chi connectivity index (χ4v) is 3.79. The lowest BCUT2D eigenvalue weighted by molar-refractivity contribution is 0.385. The summed E-state index contributed by atoms with van der Waals surface area (Å²) in [7, 11) is 1.46. The number of hydrogen-bond acceptors (Lipinski definition) is 3. The zero-order chi connectivity index (χ0) is 14.7. The molecule has 1 unspecified atom stereocenters. The molecule has 20 heavy (non-hydrogen) atoms. The van der Waals surface area contributed by atoms with Gasteiger partial charge < -0.3 is 10.1 Å². The minimum atomic E-state index is -0.364. The van der Waals surface area contributed by atoms with E-state index >= 15 is 0 Å². The van der Waals surface area contributed by atoms with E-state index in [2.05, 4.69) is 21.2 Å². The first-order valence-corrected chi connectivity index (χ1v) is 8.07. The molecule has 0 fully saturated rings. The van der Waals surface area contributed by atoms with Crippen molar-refractivity contribution in [2.24, 2.45) is 0 Å². The molecule has 1 atom stereocenters. The third kappa shape index (κ3) is 3.34. The van der Waals surface area contributed by atoms with Crippen molar-refractivity contribution in [2.75, 3.05) is 13.7 Å². The van der Waals surface area contributed by atoms with Crippen LogP contribution >= 0.6 is 38.9 Å². The van der Waals surface area contributed by atoms with E-state index < -0.39 is 0 Å². The van der Waals surface area contributed by atoms with Gasteiger partial charge in [-0.15, -0.1) is 11.3 Å². The number of benzene rings is 1. The molecule has 6 heteroatoms. The summed E-state index contributed by atoms with van der Waals surface area (Å²) < 4.78 is 20.1. The Morgan fingerprint density at radius 1 is 1.45 bits per heavy atom. The second-order valence-electron chi connectivity index (χ2n) is 4.16. The molecule has 0 spiro atoms. The molecule has 2 aromatic rings. The van der Waals surface area contributed by atoms with Crippen LogP contribution in [-0.4, -0.2) is 13.7 Å². The number of hydrogen-bond donors (Lipinski definition) is 1. The zero-order valence-corrected chi connectivity index (χ0v) is 14.2. The number of thiophene rings is 1. The fourth-order valence-electron chi connectivity index (χ4n) is 1.95. The van der Waals surface area contributed by atoms with Crippen LogP contribution in [0, 0.1) is 5.82 Å². The van der Waals surface area contributed by atoms with E-state index in [1.807, 2.05) is 13.0 Å². The second kappa shape index (κ2) is 6.89. The summed E-state index contributed by atoms with van der Waals surface area (Å²) in [5.41, 5.74) is 0.940. The molecule has 1 heterocycles. The normalized spacial score (nSPS) is 12.4. The van der Waals surface area contributed by atoms with Gasteiger partial charge in [0, 0.05) is 9.35 Å². The predicted molar refractivity (Wildman–Crippen MR) is 85.5 cm³/mol. The smallest absolute Gasteiger partial charge is 0.165 e. The Kier molecular flexibility index (Phi) is 5.43. The maximum atomic E-state index is 13.5. The van der Waals surface area contributed by atoms with Crippen LogP contribution in [0.5, 0.6) is 5.75 Å². The first kappa shape index (κ1) is 15.8. The van der Waals surface area contributed by atoms with Gasteiger partial charge in [-0.05, 0) is 46.2 Å². The highest BCUT2D eigenvalue weighted by molar-refractivity contribution is 9.10. The van der Waals surface area contributed by atoms with E-state index in [1.165, 1.54) is 24.5 Å². The highest BCUT2D eigenvalue weighted by Crippen LogP contribution is 2.38. The van der Waals surface area contributed by atoms with Gasteiger partial charge in [-0.25, -0.2) is 4.39 Å². The largest absolute Gasteiger partial charge is 0.494 e. The fraction of sp³-hybridized carbons (Fsp3) is 0.286. The van der Waals surface area contributed by atoms with Crippen molar-refractivity contribution < 1.29 is 9.13 Å². The van der Waals surface area contributed by atoms with Crippen molar-refractivity contribution in [1.82, 2.24) is 5.32 Å². The molecule has 0 aliphatic heterocycles. The van der Waals surface area contributed by atoms with Gasteiger partial charge in [0.25, 0.3) is 0 Å². The van der Waals surface area contributed by atoms with Crippen LogP contribution < -0.4 is 10.1 Å². The van der Waals surface area contributed by atoms with Crippen LogP contribution in [-0.2, 0) is 0 Å². The van der Waals surface area contributed by atoms with Crippen molar-refractivity contribution >= 4 is 38.9 Å². The van der Waals surface area contributed by atoms with Crippen molar-refractivity contribution in [1.29, 1.82) is 0 Å². The standard InChI is InChI=1S/C14H14BrClFNOS/c1-3-18-13(12-7-9(15)14(16)20-12)8-4-5-10(17)11(6-8)19-2/h4-7,13,18H,3H2,1-2H3. The van der Waals surface area contributed by atoms with Crippen LogP contribution in [0.4, 0.5) is 4.39 Å². The van der Waals surface area contributed by atoms with Crippen LogP contribution in [0.15, 0.2) is 28.7 Å². The molecule has 0 aliphatic carbocycles. The lowest BCUT2D eigenvalue weighted by Gasteiger charge is -2.17. The van der Waals surface area contributed by atoms with Gasteiger partial charge in [0.1, 0.15) is 4.34 Å². The lowest BCUT2D eigenvalue weighted by Crippen LogP contribution is -2.21. The number of halogens is 3. The Morgan fingerprint density at radius 3 is 2.75 bits per heavy atom. The van der Waals surface area contributed by atoms with E-state index in [9.17, 15) is 4.39 Å². The van der Waals surface area contributed by atoms with Crippen LogP contribution in [0.25, 0.3) is 0 Å². The monoisotopic (exact) mass is 377 g/mol. The summed E-state index contributed by atoms with van der Waals surface area (Å²) in [5.74, 6) is -0.121. The third-order valence-corrected chi connectivity index (χ3v) is 5.41. The Labute approximate surface area is 135 Å². The lowest BCUT2D eigenvalue weighted by atomic mass is 10.0. The molecule has 0 saturated carbocycles. The minimum absolute atomic E-state index is 0.0386. The van der Waals surface area contributed by atoms with E-state index in [-0.39, 0.29) is 17.6 Å². The molecule has 0 bridgehead atoms. The molecule has 2 nitrogen and oxygen atoms in total. The van der Waals surface area contributed by atoms with Gasteiger partial charge in [-0.3, -0.25) is 0 Å². The van der Waals surface area contributed by atoms with Gasteiger partial charge in [0.2, 0.25) is 0 Å². The molecule has 2 rings (SSSR count). The van der Waals surface area contributed by atoms with Crippen molar-refractivity contribution in [3.8, 4) is 5.75 Å². The van der Waals surface area contributed by atoms with Gasteiger partial charge >= 0.3 is 0 Å². The van der Waals surface area contributed by atoms with Crippen molar-refractivity contribution in [2.45, 2.75) is 13.0 Å². The molecule has 1 aromatic carbocycles. The molecular weight excluding hydrogens is 365 g/mol. The summed E-state index contributed by atoms with van der Waals surface area (Å²) in [6.07, 6.45) is 0. The zero-order valence-electron chi connectivity index (χ0n) is 11.0. The van der Waals surface area contributed by atoms with Gasteiger partial charge in [-0.1, -0.05) is 24.6 Å². The minimum Gasteiger partial charge on any atom is -0.494 e. The van der Waals surface area contributed by atoms with E-state index in [0.717, 1.165) is 21.5 Å². The highest BCUT2D eigenvalue weighted by Gasteiger charge is 2.18. The van der Waals surface area contributed by atoms with Gasteiger partial charge in [0.05, 0.1) is 13.2 Å². The molecule has 0 amide bonds. The number of methoxy groups -OCH3 is 1. The Morgan fingerprint density at radius 2 is 2.20 bits per heavy atom. The molecule has 0 radical (unpaired) electrons. The summed E-state index contributed by atoms with van der Waals surface area (Å²) in [4.78, 5) is 1.07. The van der Waals surface area contributed by atoms with Gasteiger partial charge in [-0.2, -0.15) is 0 Å². The molecule has 0 saturated heterocycles. The van der Waals surface area contributed by atoms with E-state index in [1.54, 1.807) is 12.1 Å². The second-order valence-corrected chi connectivity index (χ2v) is 6.70. The average Bonchev–Trinajstić information content (AvgIpc) is 2.76. The van der Waals surface area contributed by atoms with Crippen molar-refractivity contribution in [3.05, 3.63) is 49.3 Å². The first-order valence-electron chi connectivity index (χ1n) is 6.08. The quantitative estimate of drug-likeness (QED) is 0.789. The Hall–Kier alpha value is -0.620. The van der Waals surface area contributed by atoms with Crippen LogP contribution in [0.3, 0.4) is 0 Å². The third-order valence-electron chi connectivity index (χ3n) is 2.87. The molecule has 1 aromatic heterocycles. The average molecular weight is 379 g/mol. The molecule has 0 aliphatic rings. The molecular formula is C14H14BrClFNOS. The maximum Gasteiger partial charge on any atom is 0.165 e. The summed E-state index contributed by atoms with van der Waals surface area (Å²) >= 11 is 11.0. The number of rotatable bonds is 5. The molecule has 108 valence electrons. The first-order chi connectivity index (χ1) is 9.56. The van der Waals surface area contributed by atoms with E-state index in [0.29, 0.717) is 4.34 Å². The van der Waals surface area contributed by atoms with Crippen LogP contribution in [0.2, 0.25) is 4.34 Å². The van der Waals surface area contributed by atoms with Crippen molar-refractivity contribution in [3.63, 3.8) is 0 Å². The summed E-state index contributed by atoms with van der Waals surface area (Å²) in [6.45, 7) is 2.81. The highest BCUT2D eigenvalue weighted by atomic mass is 79.9. The maximum absolute atomic E-state index is 13.5. The topological polar surface area (TPSA) is 21.3 Å². The summed E-state index contributed by atoms with van der Waals surface area (Å²) in [6, 6.07) is 6.83. The Bertz CT molecular complexity index is 585. The van der Waals surface area contributed by atoms with Crippen LogP contribution in [0.1, 0.15) is 23.4 Å². The Balaban J connectivity index is 2.42. The SMILES string of the molecule is CCNC(c1ccc(F)c(OC)c1)c1cc(Br)c(Cl)s1. The summed E-state index contributed by atoms with van der Waals surface area (Å²) in [5, 5.41) is 3.38. The number of nitrogens with one attached hydrogen (secondary N) is 1. The molecule has 1 N–H and O–H groups in total. The van der Waals surface area contributed by atoms with Gasteiger partial charge in [0.15, 0.2) is 11.6 Å².